The summed E-state index contributed by atoms with van der Waals surface area (Å²) in [5.74, 6) is 26.0. The Morgan fingerprint density at radius 2 is 0.329 bits per heavy atom. The van der Waals surface area contributed by atoms with Gasteiger partial charge in [-0.1, -0.05) is 290 Å². The lowest BCUT2D eigenvalue weighted by Crippen LogP contribution is -2.26. The number of rotatable bonds is 8. The zero-order valence-corrected chi connectivity index (χ0v) is 47.5. The van der Waals surface area contributed by atoms with Crippen molar-refractivity contribution in [1.29, 1.82) is 0 Å². The van der Waals surface area contributed by atoms with E-state index in [0.29, 0.717) is 44.5 Å². The molecule has 82 heavy (non-hydrogen) atoms. The molecule has 412 valence electrons. The third kappa shape index (κ3) is 19.9. The summed E-state index contributed by atoms with van der Waals surface area (Å²) in [6.45, 7) is 12.2. The summed E-state index contributed by atoms with van der Waals surface area (Å²) < 4.78 is 0. The predicted molar refractivity (Wildman–Crippen MR) is 327 cm³/mol. The van der Waals surface area contributed by atoms with Gasteiger partial charge < -0.3 is 39.6 Å². The van der Waals surface area contributed by atoms with Crippen LogP contribution >= 0.6 is 0 Å². The first-order valence-corrected chi connectivity index (χ1v) is 26.2. The molecule has 0 aliphatic heterocycles. The molecular weight excluding hydrogens is 1020 g/mol. The van der Waals surface area contributed by atoms with Crippen molar-refractivity contribution in [2.75, 3.05) is 0 Å². The third-order valence-corrected chi connectivity index (χ3v) is 11.3. The summed E-state index contributed by atoms with van der Waals surface area (Å²) in [5, 5.41) is 50.9. The lowest BCUT2D eigenvalue weighted by Gasteiger charge is -2.24. The molecule has 8 aromatic rings. The van der Waals surface area contributed by atoms with Gasteiger partial charge in [-0.15, -0.1) is 0 Å². The van der Waals surface area contributed by atoms with E-state index in [1.165, 1.54) is 55.4 Å². The van der Waals surface area contributed by atoms with Crippen LogP contribution in [0.2, 0.25) is 0 Å². The maximum Gasteiger partial charge on any atom is 0.177 e. The zero-order chi connectivity index (χ0) is 60.0. The molecule has 8 rings (SSSR count). The van der Waals surface area contributed by atoms with Crippen molar-refractivity contribution in [3.8, 4) is 47.4 Å². The van der Waals surface area contributed by atoms with Crippen molar-refractivity contribution in [3.05, 3.63) is 298 Å². The molecular formula is C74H68O8. The minimum atomic E-state index is -1.86. The maximum atomic E-state index is 12.7. The molecule has 0 heterocycles. The van der Waals surface area contributed by atoms with Crippen molar-refractivity contribution in [1.82, 2.24) is 0 Å². The Hall–Kier alpha value is -9.74. The van der Waals surface area contributed by atoms with E-state index in [9.17, 15) is 39.6 Å². The Morgan fingerprint density at radius 1 is 0.232 bits per heavy atom. The fourth-order valence-corrected chi connectivity index (χ4v) is 7.60. The average Bonchev–Trinajstić information content (AvgIpc) is 3.68. The van der Waals surface area contributed by atoms with Gasteiger partial charge in [0.2, 0.25) is 0 Å². The molecule has 0 saturated carbocycles. The molecule has 0 radical (unpaired) electrons. The Kier molecular flexibility index (Phi) is 25.6. The van der Waals surface area contributed by atoms with Gasteiger partial charge >= 0.3 is 0 Å². The van der Waals surface area contributed by atoms with Crippen LogP contribution in [0.5, 0.6) is 0 Å². The summed E-state index contributed by atoms with van der Waals surface area (Å²) >= 11 is 0. The number of allylic oxidation sites excluding steroid dienone is 2. The predicted octanol–water partition coefficient (Wildman–Crippen LogP) is 12.4. The van der Waals surface area contributed by atoms with E-state index < -0.39 is 22.4 Å². The quantitative estimate of drug-likeness (QED) is 0.110. The molecule has 0 spiro atoms. The summed E-state index contributed by atoms with van der Waals surface area (Å²) in [5.41, 5.74) is -3.38. The van der Waals surface area contributed by atoms with Crippen LogP contribution < -0.4 is 0 Å². The van der Waals surface area contributed by atoms with E-state index in [0.717, 1.165) is 0 Å². The summed E-state index contributed by atoms with van der Waals surface area (Å²) in [4.78, 5) is 37.8. The number of hydrogen-bond donors (Lipinski definition) is 4. The molecule has 8 nitrogen and oxygen atoms in total. The Balaban J connectivity index is 0.000000802. The minimum absolute atomic E-state index is 0.0116. The van der Waals surface area contributed by atoms with Crippen molar-refractivity contribution in [2.24, 2.45) is 0 Å². The lowest BCUT2D eigenvalue weighted by molar-refractivity contribution is -0.115. The van der Waals surface area contributed by atoms with Gasteiger partial charge in [-0.2, -0.15) is 0 Å². The van der Waals surface area contributed by atoms with Crippen LogP contribution in [0.15, 0.2) is 254 Å². The molecule has 0 bridgehead atoms. The van der Waals surface area contributed by atoms with Crippen LogP contribution in [0.1, 0.15) is 99.9 Å². The highest BCUT2D eigenvalue weighted by molar-refractivity contribution is 5.73. The van der Waals surface area contributed by atoms with Crippen molar-refractivity contribution < 1.29 is 39.6 Å². The highest BCUT2D eigenvalue weighted by Gasteiger charge is 2.33. The van der Waals surface area contributed by atoms with E-state index in [1.807, 2.05) is 146 Å². The summed E-state index contributed by atoms with van der Waals surface area (Å²) in [6, 6.07) is 72.7. The number of carbonyl (C=O) groups excluding carboxylic acids is 4. The van der Waals surface area contributed by atoms with Crippen LogP contribution in [0.3, 0.4) is 0 Å². The van der Waals surface area contributed by atoms with E-state index in [4.69, 9.17) is 0 Å². The van der Waals surface area contributed by atoms with Crippen molar-refractivity contribution >= 4 is 23.1 Å². The molecule has 0 fully saturated rings. The monoisotopic (exact) mass is 1080 g/mol. The number of carbonyl (C=O) groups is 4. The largest absolute Gasteiger partial charge is 0.369 e. The highest BCUT2D eigenvalue weighted by atomic mass is 16.3. The second-order valence-electron chi connectivity index (χ2n) is 19.2. The van der Waals surface area contributed by atoms with Crippen LogP contribution in [-0.4, -0.2) is 43.6 Å². The molecule has 8 heteroatoms. The summed E-state index contributed by atoms with van der Waals surface area (Å²) in [6.07, 6.45) is 0. The molecule has 0 saturated heterocycles. The first-order chi connectivity index (χ1) is 39.2. The fraction of sp³-hybridized carbons (Fsp3) is 0.162. The molecule has 0 aromatic heterocycles. The Morgan fingerprint density at radius 3 is 0.427 bits per heavy atom. The lowest BCUT2D eigenvalue weighted by atomic mass is 9.85. The standard InChI is InChI=1S/C62H44O4.4C3H6O/c63-59(51-25-9-1-10-26-51,52-27-11-2-12-28-52)45-41-49(42-46-60(64,53-29-13-3-14-30-53)54-31-15-4-16-32-54)50(43-47-61(65,55-33-17-5-18-34-55)56-35-19-6-20-36-56)44-48-62(66,57-37-21-7-22-38-57)58-39-23-8-24-40-58;4*1-3(2)4/h1-40,63-66H;4*1-2H3. The molecule has 4 N–H and O–H groups in total. The Labute approximate surface area is 483 Å². The van der Waals surface area contributed by atoms with Gasteiger partial charge in [0.15, 0.2) is 22.4 Å². The number of aliphatic hydroxyl groups is 4. The molecule has 0 unspecified atom stereocenters. The second kappa shape index (κ2) is 32.4. The van der Waals surface area contributed by atoms with Gasteiger partial charge in [0.05, 0.1) is 11.1 Å². The average molecular weight is 1090 g/mol. The zero-order valence-electron chi connectivity index (χ0n) is 47.5. The van der Waals surface area contributed by atoms with Crippen molar-refractivity contribution in [2.45, 2.75) is 77.8 Å². The van der Waals surface area contributed by atoms with Crippen LogP contribution in [-0.2, 0) is 41.6 Å². The first-order valence-electron chi connectivity index (χ1n) is 26.2. The first kappa shape index (κ1) is 64.8. The smallest absolute Gasteiger partial charge is 0.177 e. The topological polar surface area (TPSA) is 149 Å². The number of benzene rings is 8. The van der Waals surface area contributed by atoms with Crippen LogP contribution in [0.25, 0.3) is 0 Å². The maximum absolute atomic E-state index is 12.7. The highest BCUT2D eigenvalue weighted by Crippen LogP contribution is 2.33. The Bertz CT molecular complexity index is 2950. The third-order valence-electron chi connectivity index (χ3n) is 11.3. The molecule has 0 amide bonds. The van der Waals surface area contributed by atoms with Crippen LogP contribution in [0.4, 0.5) is 0 Å². The normalized spacial score (nSPS) is 10.2. The van der Waals surface area contributed by atoms with E-state index >= 15 is 0 Å². The molecule has 8 aromatic carbocycles. The minimum Gasteiger partial charge on any atom is -0.369 e. The number of ketones is 4. The van der Waals surface area contributed by atoms with E-state index in [-0.39, 0.29) is 34.3 Å². The second-order valence-corrected chi connectivity index (χ2v) is 19.2. The van der Waals surface area contributed by atoms with Crippen molar-refractivity contribution in [3.63, 3.8) is 0 Å². The molecule has 0 aliphatic rings. The van der Waals surface area contributed by atoms with E-state index in [2.05, 4.69) is 47.4 Å². The van der Waals surface area contributed by atoms with Gasteiger partial charge in [-0.3, -0.25) is 0 Å². The number of hydrogen-bond acceptors (Lipinski definition) is 8. The molecule has 0 aliphatic carbocycles. The SMILES string of the molecule is CC(C)=O.CC(C)=O.CC(C)=O.CC(C)=O.OC(C#CC(C#CC(O)(c1ccccc1)c1ccccc1)=C(C#CC(O)(c1ccccc1)c1ccccc1)C#CC(O)(c1ccccc1)c1ccccc1)(c1ccccc1)c1ccccc1. The number of Topliss-reactive ketones (excluding diaryl/α,β-unsaturated/α-hetero) is 4. The van der Waals surface area contributed by atoms with E-state index in [1.54, 1.807) is 97.1 Å². The summed E-state index contributed by atoms with van der Waals surface area (Å²) in [7, 11) is 0. The molecule has 0 atom stereocenters. The van der Waals surface area contributed by atoms with Gasteiger partial charge in [0.25, 0.3) is 0 Å². The van der Waals surface area contributed by atoms with Crippen LogP contribution in [0, 0.1) is 47.4 Å². The van der Waals surface area contributed by atoms with Gasteiger partial charge in [-0.25, -0.2) is 0 Å². The van der Waals surface area contributed by atoms with Gasteiger partial charge in [-0.05, 0) is 55.4 Å². The van der Waals surface area contributed by atoms with Gasteiger partial charge in [0, 0.05) is 44.5 Å². The fourth-order valence-electron chi connectivity index (χ4n) is 7.60. The van der Waals surface area contributed by atoms with Gasteiger partial charge in [0.1, 0.15) is 23.1 Å².